The van der Waals surface area contributed by atoms with Crippen LogP contribution in [0.15, 0.2) is 127 Å². The largest absolute Gasteiger partial charge is 0.390 e. The number of aliphatic hydroxyl groups excluding tert-OH is 1. The van der Waals surface area contributed by atoms with Gasteiger partial charge in [0.1, 0.15) is 0 Å². The summed E-state index contributed by atoms with van der Waals surface area (Å²) in [5.41, 5.74) is 7.16. The number of benzene rings is 5. The molecule has 38 heavy (non-hydrogen) atoms. The Labute approximate surface area is 224 Å². The molecule has 0 amide bonds. The Balaban J connectivity index is 1.43. The van der Waals surface area contributed by atoms with Crippen LogP contribution < -0.4 is 5.32 Å². The van der Waals surface area contributed by atoms with Crippen LogP contribution >= 0.6 is 0 Å². The number of rotatable bonds is 9. The highest BCUT2D eigenvalue weighted by atomic mass is 16.3. The second-order valence-electron chi connectivity index (χ2n) is 9.84. The maximum absolute atomic E-state index is 11.3. The van der Waals surface area contributed by atoms with Crippen LogP contribution in [0.3, 0.4) is 0 Å². The fraction of sp³-hybridized carbons (Fsp3) is 0.143. The third kappa shape index (κ3) is 4.87. The lowest BCUT2D eigenvalue weighted by Crippen LogP contribution is -2.31. The fourth-order valence-corrected chi connectivity index (χ4v) is 5.52. The van der Waals surface area contributed by atoms with E-state index in [1.165, 1.54) is 38.4 Å². The minimum atomic E-state index is -0.536. The molecule has 1 aromatic heterocycles. The van der Waals surface area contributed by atoms with Gasteiger partial charge < -0.3 is 15.0 Å². The van der Waals surface area contributed by atoms with Gasteiger partial charge in [0, 0.05) is 22.9 Å². The summed E-state index contributed by atoms with van der Waals surface area (Å²) in [6.45, 7) is 1.86. The highest BCUT2D eigenvalue weighted by molar-refractivity contribution is 6.15. The van der Waals surface area contributed by atoms with E-state index in [4.69, 9.17) is 0 Å². The smallest absolute Gasteiger partial charge is 0.0843 e. The molecule has 0 radical (unpaired) electrons. The molecular weight excluding hydrogens is 464 g/mol. The van der Waals surface area contributed by atoms with E-state index in [0.717, 1.165) is 24.2 Å². The highest BCUT2D eigenvalue weighted by Crippen LogP contribution is 2.43. The summed E-state index contributed by atoms with van der Waals surface area (Å²) in [5.74, 6) is 0. The van der Waals surface area contributed by atoms with Gasteiger partial charge in [-0.3, -0.25) is 0 Å². The number of nitrogens with zero attached hydrogens (tertiary/aromatic N) is 1. The van der Waals surface area contributed by atoms with Crippen molar-refractivity contribution in [1.82, 2.24) is 9.88 Å². The standard InChI is InChI=1S/C35H32N2O/c38-30(24-36-23-22-26-12-4-1-5-13-26)25-37-34(29-17-8-3-9-18-29)33(28-15-6-2-7-16-28)32-21-20-27-14-10-11-19-31(27)35(32)37/h1-21,30,36,38H,22-25H2/t30-/m0/s1. The number of hydrogen-bond acceptors (Lipinski definition) is 2. The van der Waals surface area contributed by atoms with Gasteiger partial charge in [0.25, 0.3) is 0 Å². The van der Waals surface area contributed by atoms with Gasteiger partial charge in [-0.05, 0) is 35.0 Å². The quantitative estimate of drug-likeness (QED) is 0.206. The molecule has 188 valence electrons. The number of aromatic nitrogens is 1. The molecule has 0 saturated carbocycles. The minimum absolute atomic E-state index is 0.500. The van der Waals surface area contributed by atoms with Crippen LogP contribution in [0.5, 0.6) is 0 Å². The van der Waals surface area contributed by atoms with Crippen molar-refractivity contribution < 1.29 is 5.11 Å². The Hall–Kier alpha value is -4.18. The van der Waals surface area contributed by atoms with E-state index in [0.29, 0.717) is 13.1 Å². The van der Waals surface area contributed by atoms with E-state index in [2.05, 4.69) is 131 Å². The van der Waals surface area contributed by atoms with Gasteiger partial charge in [-0.15, -0.1) is 0 Å². The summed E-state index contributed by atoms with van der Waals surface area (Å²) in [7, 11) is 0. The van der Waals surface area contributed by atoms with Crippen LogP contribution in [0, 0.1) is 0 Å². The predicted octanol–water partition coefficient (Wildman–Crippen LogP) is 7.32. The molecule has 6 aromatic rings. The van der Waals surface area contributed by atoms with Crippen molar-refractivity contribution in [2.75, 3.05) is 13.1 Å². The normalized spacial score (nSPS) is 12.2. The van der Waals surface area contributed by atoms with E-state index in [1.807, 2.05) is 6.07 Å². The Morgan fingerprint density at radius 2 is 1.26 bits per heavy atom. The first-order valence-electron chi connectivity index (χ1n) is 13.4. The summed E-state index contributed by atoms with van der Waals surface area (Å²) in [5, 5.41) is 18.4. The van der Waals surface area contributed by atoms with Crippen LogP contribution in [0.1, 0.15) is 5.56 Å². The van der Waals surface area contributed by atoms with Crippen molar-refractivity contribution in [3.63, 3.8) is 0 Å². The molecule has 0 spiro atoms. The number of aliphatic hydroxyl groups is 1. The van der Waals surface area contributed by atoms with Crippen LogP contribution in [0.2, 0.25) is 0 Å². The van der Waals surface area contributed by atoms with Gasteiger partial charge in [0.2, 0.25) is 0 Å². The maximum Gasteiger partial charge on any atom is 0.0843 e. The SMILES string of the molecule is O[C@@H](CNCCc1ccccc1)Cn1c(-c2ccccc2)c(-c2ccccc2)c2ccc3ccccc3c21. The molecule has 0 aliphatic carbocycles. The van der Waals surface area contributed by atoms with Gasteiger partial charge >= 0.3 is 0 Å². The average Bonchev–Trinajstić information content (AvgIpc) is 3.31. The summed E-state index contributed by atoms with van der Waals surface area (Å²) >= 11 is 0. The third-order valence-electron chi connectivity index (χ3n) is 7.26. The Kier molecular flexibility index (Phi) is 7.03. The molecule has 0 unspecified atom stereocenters. The summed E-state index contributed by atoms with van der Waals surface area (Å²) in [6, 6.07) is 44.7. The van der Waals surface area contributed by atoms with Gasteiger partial charge in [-0.25, -0.2) is 0 Å². The zero-order valence-corrected chi connectivity index (χ0v) is 21.4. The second-order valence-corrected chi connectivity index (χ2v) is 9.84. The molecule has 6 rings (SSSR count). The molecule has 2 N–H and O–H groups in total. The summed E-state index contributed by atoms with van der Waals surface area (Å²) < 4.78 is 2.35. The zero-order valence-electron chi connectivity index (χ0n) is 21.4. The molecule has 0 aliphatic rings. The third-order valence-corrected chi connectivity index (χ3v) is 7.26. The van der Waals surface area contributed by atoms with Crippen molar-refractivity contribution in [3.8, 4) is 22.4 Å². The fourth-order valence-electron chi connectivity index (χ4n) is 5.52. The number of fused-ring (bicyclic) bond motifs is 3. The van der Waals surface area contributed by atoms with E-state index in [-0.39, 0.29) is 0 Å². The number of nitrogens with one attached hydrogen (secondary N) is 1. The lowest BCUT2D eigenvalue weighted by molar-refractivity contribution is 0.154. The van der Waals surface area contributed by atoms with Gasteiger partial charge in [-0.2, -0.15) is 0 Å². The molecular formula is C35H32N2O. The Morgan fingerprint density at radius 3 is 2.00 bits per heavy atom. The molecule has 3 heteroatoms. The lowest BCUT2D eigenvalue weighted by atomic mass is 9.97. The van der Waals surface area contributed by atoms with Crippen molar-refractivity contribution in [2.45, 2.75) is 19.1 Å². The molecule has 3 nitrogen and oxygen atoms in total. The van der Waals surface area contributed by atoms with E-state index in [1.54, 1.807) is 0 Å². The molecule has 5 aromatic carbocycles. The minimum Gasteiger partial charge on any atom is -0.390 e. The Morgan fingerprint density at radius 1 is 0.632 bits per heavy atom. The van der Waals surface area contributed by atoms with Crippen LogP contribution in [-0.4, -0.2) is 28.9 Å². The summed E-state index contributed by atoms with van der Waals surface area (Å²) in [4.78, 5) is 0. The predicted molar refractivity (Wildman–Crippen MR) is 159 cm³/mol. The monoisotopic (exact) mass is 496 g/mol. The molecule has 0 bridgehead atoms. The van der Waals surface area contributed by atoms with Gasteiger partial charge in [-0.1, -0.05) is 127 Å². The lowest BCUT2D eigenvalue weighted by Gasteiger charge is -2.18. The summed E-state index contributed by atoms with van der Waals surface area (Å²) in [6.07, 6.45) is 0.407. The first-order valence-corrected chi connectivity index (χ1v) is 13.4. The van der Waals surface area contributed by atoms with E-state index >= 15 is 0 Å². The van der Waals surface area contributed by atoms with Crippen molar-refractivity contribution in [3.05, 3.63) is 133 Å². The van der Waals surface area contributed by atoms with Gasteiger partial charge in [0.15, 0.2) is 0 Å². The van der Waals surface area contributed by atoms with Gasteiger partial charge in [0.05, 0.1) is 23.9 Å². The van der Waals surface area contributed by atoms with Crippen LogP contribution in [0.4, 0.5) is 0 Å². The Bertz CT molecular complexity index is 1640. The highest BCUT2D eigenvalue weighted by Gasteiger charge is 2.23. The molecule has 0 saturated heterocycles. The van der Waals surface area contributed by atoms with Crippen molar-refractivity contribution in [2.24, 2.45) is 0 Å². The average molecular weight is 497 g/mol. The molecule has 0 aliphatic heterocycles. The first-order chi connectivity index (χ1) is 18.8. The van der Waals surface area contributed by atoms with Crippen LogP contribution in [-0.2, 0) is 13.0 Å². The molecule has 1 heterocycles. The molecule has 1 atom stereocenters. The molecule has 0 fully saturated rings. The van der Waals surface area contributed by atoms with Crippen molar-refractivity contribution in [1.29, 1.82) is 0 Å². The zero-order chi connectivity index (χ0) is 25.7. The van der Waals surface area contributed by atoms with E-state index < -0.39 is 6.10 Å². The topological polar surface area (TPSA) is 37.2 Å². The maximum atomic E-state index is 11.3. The number of hydrogen-bond donors (Lipinski definition) is 2. The second kappa shape index (κ2) is 11.1. The van der Waals surface area contributed by atoms with Crippen molar-refractivity contribution >= 4 is 21.7 Å². The van der Waals surface area contributed by atoms with E-state index in [9.17, 15) is 5.11 Å². The first kappa shape index (κ1) is 24.2. The van der Waals surface area contributed by atoms with Crippen LogP contribution in [0.25, 0.3) is 44.1 Å².